The first-order valence-corrected chi connectivity index (χ1v) is 8.72. The molecule has 29 heavy (non-hydrogen) atoms. The number of halogens is 5. The Kier molecular flexibility index (Phi) is 5.57. The maximum Gasteiger partial charge on any atom is 0.457 e. The van der Waals surface area contributed by atoms with Gasteiger partial charge in [-0.1, -0.05) is 91.0 Å². The molecule has 0 amide bonds. The lowest BCUT2D eigenvalue weighted by Gasteiger charge is -2.35. The fourth-order valence-corrected chi connectivity index (χ4v) is 2.93. The van der Waals surface area contributed by atoms with E-state index in [0.29, 0.717) is 17.2 Å². The van der Waals surface area contributed by atoms with E-state index in [1.807, 2.05) is 0 Å². The Morgan fingerprint density at radius 3 is 1.62 bits per heavy atom. The molecule has 0 aromatic heterocycles. The summed E-state index contributed by atoms with van der Waals surface area (Å²) in [5.41, 5.74) is -2.36. The van der Waals surface area contributed by atoms with E-state index in [0.717, 1.165) is 23.8 Å². The largest absolute Gasteiger partial charge is 0.457 e. The molecular formula is C23H17F5O. The highest BCUT2D eigenvalue weighted by molar-refractivity contribution is 5.64. The Bertz CT molecular complexity index is 964. The zero-order chi connectivity index (χ0) is 21.1. The fraction of sp³-hybridized carbons (Fsp3) is 0.130. The van der Waals surface area contributed by atoms with E-state index >= 15 is 0 Å². The monoisotopic (exact) mass is 404 g/mol. The van der Waals surface area contributed by atoms with Crippen LogP contribution < -0.4 is 0 Å². The highest BCUT2D eigenvalue weighted by Gasteiger charge is 2.69. The third-order valence-corrected chi connectivity index (χ3v) is 4.58. The molecule has 150 valence electrons. The van der Waals surface area contributed by atoms with Gasteiger partial charge in [-0.15, -0.1) is 0 Å². The minimum Gasteiger partial charge on any atom is -0.375 e. The number of aliphatic hydroxyl groups is 1. The molecule has 0 bridgehead atoms. The number of benzene rings is 3. The lowest BCUT2D eigenvalue weighted by molar-refractivity contribution is -0.334. The molecule has 0 radical (unpaired) electrons. The Balaban J connectivity index is 2.07. The molecule has 0 aliphatic rings. The summed E-state index contributed by atoms with van der Waals surface area (Å²) < 4.78 is 68.2. The van der Waals surface area contributed by atoms with Gasteiger partial charge in [-0.3, -0.25) is 0 Å². The van der Waals surface area contributed by atoms with Crippen molar-refractivity contribution in [1.82, 2.24) is 0 Å². The van der Waals surface area contributed by atoms with E-state index in [1.165, 1.54) is 24.3 Å². The van der Waals surface area contributed by atoms with E-state index < -0.39 is 23.3 Å². The van der Waals surface area contributed by atoms with Crippen molar-refractivity contribution in [3.8, 4) is 11.1 Å². The molecule has 0 saturated heterocycles. The zero-order valence-corrected chi connectivity index (χ0v) is 15.1. The summed E-state index contributed by atoms with van der Waals surface area (Å²) in [5, 5.41) is 10.6. The first kappa shape index (κ1) is 20.7. The second-order valence-corrected chi connectivity index (χ2v) is 6.53. The molecule has 3 rings (SSSR count). The summed E-state index contributed by atoms with van der Waals surface area (Å²) in [6.07, 6.45) is -4.40. The summed E-state index contributed by atoms with van der Waals surface area (Å²) in [7, 11) is 0. The third kappa shape index (κ3) is 4.07. The molecule has 0 fully saturated rings. The molecule has 0 saturated carbocycles. The Labute approximate surface area is 164 Å². The molecule has 0 aliphatic heterocycles. The van der Waals surface area contributed by atoms with Gasteiger partial charge in [0.05, 0.1) is 0 Å². The Morgan fingerprint density at radius 1 is 0.621 bits per heavy atom. The summed E-state index contributed by atoms with van der Waals surface area (Å²) >= 11 is 0. The maximum absolute atomic E-state index is 14.4. The van der Waals surface area contributed by atoms with Crippen molar-refractivity contribution in [2.24, 2.45) is 0 Å². The molecule has 3 aromatic carbocycles. The molecule has 3 aromatic rings. The summed E-state index contributed by atoms with van der Waals surface area (Å²) in [4.78, 5) is 0. The van der Waals surface area contributed by atoms with E-state index in [2.05, 4.69) is 0 Å². The molecule has 1 unspecified atom stereocenters. The molecule has 6 heteroatoms. The third-order valence-electron chi connectivity index (χ3n) is 4.58. The van der Waals surface area contributed by atoms with Gasteiger partial charge in [0, 0.05) is 0 Å². The lowest BCUT2D eigenvalue weighted by atomic mass is 9.85. The minimum atomic E-state index is -5.94. The van der Waals surface area contributed by atoms with Crippen molar-refractivity contribution in [1.29, 1.82) is 0 Å². The Morgan fingerprint density at radius 2 is 1.10 bits per heavy atom. The van der Waals surface area contributed by atoms with Crippen LogP contribution in [0.3, 0.4) is 0 Å². The first-order chi connectivity index (χ1) is 13.6. The highest BCUT2D eigenvalue weighted by Crippen LogP contribution is 2.49. The Hall–Kier alpha value is -2.99. The molecule has 1 atom stereocenters. The number of alkyl halides is 5. The van der Waals surface area contributed by atoms with Crippen molar-refractivity contribution in [3.63, 3.8) is 0 Å². The van der Waals surface area contributed by atoms with Gasteiger partial charge in [-0.2, -0.15) is 22.0 Å². The number of rotatable bonds is 5. The van der Waals surface area contributed by atoms with Crippen LogP contribution in [-0.4, -0.2) is 17.2 Å². The standard InChI is InChI=1S/C23H17F5O/c24-22(25,23(26,27)28)21(29,16-15-17-7-3-1-4-8-17)20-13-11-19(12-14-20)18-9-5-2-6-10-18/h1-16,29H/b16-15+. The van der Waals surface area contributed by atoms with E-state index in [-0.39, 0.29) is 0 Å². The quantitative estimate of drug-likeness (QED) is 0.485. The summed E-state index contributed by atoms with van der Waals surface area (Å²) in [6, 6.07) is 21.8. The van der Waals surface area contributed by atoms with E-state index in [1.54, 1.807) is 48.5 Å². The average molecular weight is 404 g/mol. The van der Waals surface area contributed by atoms with Crippen LogP contribution in [0.4, 0.5) is 22.0 Å². The van der Waals surface area contributed by atoms with Crippen LogP contribution in [0.25, 0.3) is 17.2 Å². The van der Waals surface area contributed by atoms with Crippen LogP contribution in [0, 0.1) is 0 Å². The van der Waals surface area contributed by atoms with Crippen LogP contribution in [0.1, 0.15) is 11.1 Å². The maximum atomic E-state index is 14.4. The minimum absolute atomic E-state index is 0.379. The number of hydrogen-bond acceptors (Lipinski definition) is 1. The number of hydrogen-bond donors (Lipinski definition) is 1. The van der Waals surface area contributed by atoms with Gasteiger partial charge in [0.2, 0.25) is 0 Å². The van der Waals surface area contributed by atoms with Crippen LogP contribution >= 0.6 is 0 Å². The van der Waals surface area contributed by atoms with E-state index in [4.69, 9.17) is 0 Å². The molecule has 0 spiro atoms. The van der Waals surface area contributed by atoms with Gasteiger partial charge >= 0.3 is 12.1 Å². The highest BCUT2D eigenvalue weighted by atomic mass is 19.4. The second kappa shape index (κ2) is 7.79. The normalized spacial score (nSPS) is 14.7. The summed E-state index contributed by atoms with van der Waals surface area (Å²) in [6.45, 7) is 0. The first-order valence-electron chi connectivity index (χ1n) is 8.72. The van der Waals surface area contributed by atoms with Crippen LogP contribution in [0.5, 0.6) is 0 Å². The van der Waals surface area contributed by atoms with Crippen molar-refractivity contribution < 1.29 is 27.1 Å². The zero-order valence-electron chi connectivity index (χ0n) is 15.1. The van der Waals surface area contributed by atoms with Crippen molar-refractivity contribution in [3.05, 3.63) is 102 Å². The van der Waals surface area contributed by atoms with Crippen molar-refractivity contribution in [2.75, 3.05) is 0 Å². The van der Waals surface area contributed by atoms with Crippen LogP contribution in [-0.2, 0) is 5.60 Å². The molecule has 0 aliphatic carbocycles. The van der Waals surface area contributed by atoms with Gasteiger partial charge in [0.25, 0.3) is 0 Å². The van der Waals surface area contributed by atoms with Gasteiger partial charge in [-0.25, -0.2) is 0 Å². The van der Waals surface area contributed by atoms with Crippen molar-refractivity contribution >= 4 is 6.08 Å². The van der Waals surface area contributed by atoms with Gasteiger partial charge in [0.1, 0.15) is 0 Å². The van der Waals surface area contributed by atoms with Crippen molar-refractivity contribution in [2.45, 2.75) is 17.7 Å². The molecule has 0 heterocycles. The fourth-order valence-electron chi connectivity index (χ4n) is 2.93. The summed E-state index contributed by atoms with van der Waals surface area (Å²) in [5.74, 6) is -5.40. The predicted molar refractivity (Wildman–Crippen MR) is 102 cm³/mol. The van der Waals surface area contributed by atoms with Gasteiger partial charge in [-0.05, 0) is 28.3 Å². The SMILES string of the molecule is OC(/C=C/c1ccccc1)(c1ccc(-c2ccccc2)cc1)C(F)(F)C(F)(F)F. The topological polar surface area (TPSA) is 20.2 Å². The van der Waals surface area contributed by atoms with E-state index in [9.17, 15) is 27.1 Å². The average Bonchev–Trinajstić information content (AvgIpc) is 2.72. The molecule has 1 nitrogen and oxygen atoms in total. The molecule has 1 N–H and O–H groups in total. The lowest BCUT2D eigenvalue weighted by Crippen LogP contribution is -2.53. The van der Waals surface area contributed by atoms with Gasteiger partial charge < -0.3 is 5.11 Å². The smallest absolute Gasteiger partial charge is 0.375 e. The van der Waals surface area contributed by atoms with Crippen LogP contribution in [0.2, 0.25) is 0 Å². The predicted octanol–water partition coefficient (Wildman–Crippen LogP) is 6.45. The second-order valence-electron chi connectivity index (χ2n) is 6.53. The molecular weight excluding hydrogens is 387 g/mol. The van der Waals surface area contributed by atoms with Gasteiger partial charge in [0.15, 0.2) is 5.60 Å². The van der Waals surface area contributed by atoms with Crippen LogP contribution in [0.15, 0.2) is 91.0 Å².